The maximum absolute atomic E-state index is 12.5. The second kappa shape index (κ2) is 7.89. The van der Waals surface area contributed by atoms with Crippen molar-refractivity contribution in [2.24, 2.45) is 0 Å². The predicted molar refractivity (Wildman–Crippen MR) is 120 cm³/mol. The second-order valence-corrected chi connectivity index (χ2v) is 7.63. The van der Waals surface area contributed by atoms with Gasteiger partial charge in [0, 0.05) is 41.8 Å². The number of carbonyl (C=O) groups excluding carboxylic acids is 1. The van der Waals surface area contributed by atoms with E-state index in [9.17, 15) is 4.79 Å². The number of amides is 1. The second-order valence-electron chi connectivity index (χ2n) is 6.83. The molecule has 0 radical (unpaired) electrons. The topological polar surface area (TPSA) is 37.7 Å². The van der Waals surface area contributed by atoms with Crippen LogP contribution in [0.2, 0.25) is 5.02 Å². The van der Waals surface area contributed by atoms with E-state index in [1.807, 2.05) is 55.7 Å². The Kier molecular flexibility index (Phi) is 5.30. The van der Waals surface area contributed by atoms with Crippen LogP contribution in [0, 0.1) is 0 Å². The number of nitrogens with zero attached hydrogens (tertiary/aromatic N) is 3. The van der Waals surface area contributed by atoms with Crippen molar-refractivity contribution in [1.82, 2.24) is 14.4 Å². The summed E-state index contributed by atoms with van der Waals surface area (Å²) in [4.78, 5) is 15.7. The number of halogens is 1. The number of para-hydroxylation sites is 1. The lowest BCUT2D eigenvalue weighted by atomic mass is 10.1. The zero-order chi connectivity index (χ0) is 20.5. The molecule has 1 fully saturated rings. The minimum Gasteiger partial charge on any atom is -0.492 e. The molecule has 0 saturated carbocycles. The maximum atomic E-state index is 12.5. The molecule has 0 unspecified atom stereocenters. The van der Waals surface area contributed by atoms with Crippen LogP contribution in [-0.4, -0.2) is 46.1 Å². The van der Waals surface area contributed by atoms with Crippen molar-refractivity contribution < 1.29 is 9.53 Å². The number of benzene rings is 2. The number of rotatable bonds is 5. The van der Waals surface area contributed by atoms with Crippen LogP contribution < -0.4 is 4.74 Å². The monoisotopic (exact) mass is 425 g/mol. The lowest BCUT2D eigenvalue weighted by Gasteiger charge is -2.10. The minimum atomic E-state index is -0.0968. The summed E-state index contributed by atoms with van der Waals surface area (Å²) in [5.74, 6) is 0.684. The SMILES string of the molecule is CN1C(=O)/C(=C/c2cn(CCOc3ccc(Cl)cc3)c3ccccc23)N(C)C1=S. The van der Waals surface area contributed by atoms with Gasteiger partial charge in [-0.25, -0.2) is 0 Å². The van der Waals surface area contributed by atoms with Gasteiger partial charge in [-0.2, -0.15) is 0 Å². The van der Waals surface area contributed by atoms with Crippen molar-refractivity contribution in [2.75, 3.05) is 20.7 Å². The molecule has 0 atom stereocenters. The molecule has 2 heterocycles. The molecule has 1 amide bonds. The molecule has 3 aromatic rings. The number of carbonyl (C=O) groups is 1. The number of thiocarbonyl (C=S) groups is 1. The highest BCUT2D eigenvalue weighted by Crippen LogP contribution is 2.27. The molecule has 1 aliphatic heterocycles. The molecular formula is C22H20ClN3O2S. The first-order valence-electron chi connectivity index (χ1n) is 9.19. The van der Waals surface area contributed by atoms with Gasteiger partial charge in [0.1, 0.15) is 18.1 Å². The number of hydrogen-bond donors (Lipinski definition) is 0. The van der Waals surface area contributed by atoms with Crippen LogP contribution in [0.4, 0.5) is 0 Å². The Hall–Kier alpha value is -2.83. The third-order valence-electron chi connectivity index (χ3n) is 4.99. The van der Waals surface area contributed by atoms with Crippen LogP contribution in [0.25, 0.3) is 17.0 Å². The number of hydrogen-bond acceptors (Lipinski definition) is 3. The zero-order valence-corrected chi connectivity index (χ0v) is 17.7. The minimum absolute atomic E-state index is 0.0968. The molecule has 1 aromatic heterocycles. The van der Waals surface area contributed by atoms with Crippen LogP contribution in [0.1, 0.15) is 5.56 Å². The molecule has 0 aliphatic carbocycles. The number of fused-ring (bicyclic) bond motifs is 1. The zero-order valence-electron chi connectivity index (χ0n) is 16.1. The van der Waals surface area contributed by atoms with Crippen molar-refractivity contribution in [1.29, 1.82) is 0 Å². The molecule has 1 aliphatic rings. The fourth-order valence-corrected chi connectivity index (χ4v) is 3.71. The summed E-state index contributed by atoms with van der Waals surface area (Å²) in [5.41, 5.74) is 2.63. The van der Waals surface area contributed by atoms with E-state index in [4.69, 9.17) is 28.6 Å². The quantitative estimate of drug-likeness (QED) is 0.448. The first kappa shape index (κ1) is 19.5. The Morgan fingerprint density at radius 3 is 2.48 bits per heavy atom. The summed E-state index contributed by atoms with van der Waals surface area (Å²) >= 11 is 11.2. The average Bonchev–Trinajstić information content (AvgIpc) is 3.16. The molecule has 148 valence electrons. The van der Waals surface area contributed by atoms with E-state index in [1.165, 1.54) is 4.90 Å². The third-order valence-corrected chi connectivity index (χ3v) is 5.78. The van der Waals surface area contributed by atoms with E-state index in [-0.39, 0.29) is 5.91 Å². The summed E-state index contributed by atoms with van der Waals surface area (Å²) in [6, 6.07) is 15.4. The van der Waals surface area contributed by atoms with E-state index >= 15 is 0 Å². The molecular weight excluding hydrogens is 406 g/mol. The summed E-state index contributed by atoms with van der Waals surface area (Å²) in [6.07, 6.45) is 3.95. The maximum Gasteiger partial charge on any atom is 0.276 e. The van der Waals surface area contributed by atoms with Gasteiger partial charge in [0.25, 0.3) is 5.91 Å². The normalized spacial score (nSPS) is 15.8. The Morgan fingerprint density at radius 1 is 1.07 bits per heavy atom. The van der Waals surface area contributed by atoms with E-state index < -0.39 is 0 Å². The van der Waals surface area contributed by atoms with Gasteiger partial charge >= 0.3 is 0 Å². The fourth-order valence-electron chi connectivity index (χ4n) is 3.40. The predicted octanol–water partition coefficient (Wildman–Crippen LogP) is 4.40. The highest BCUT2D eigenvalue weighted by molar-refractivity contribution is 7.80. The van der Waals surface area contributed by atoms with Gasteiger partial charge < -0.3 is 14.2 Å². The lowest BCUT2D eigenvalue weighted by Crippen LogP contribution is -2.26. The summed E-state index contributed by atoms with van der Waals surface area (Å²) in [7, 11) is 3.51. The highest BCUT2D eigenvalue weighted by Gasteiger charge is 2.32. The summed E-state index contributed by atoms with van der Waals surface area (Å²) in [5, 5.41) is 2.26. The largest absolute Gasteiger partial charge is 0.492 e. The smallest absolute Gasteiger partial charge is 0.276 e. The van der Waals surface area contributed by atoms with Crippen molar-refractivity contribution in [3.8, 4) is 5.75 Å². The number of ether oxygens (including phenoxy) is 1. The lowest BCUT2D eigenvalue weighted by molar-refractivity contribution is -0.121. The molecule has 29 heavy (non-hydrogen) atoms. The van der Waals surface area contributed by atoms with E-state index in [0.717, 1.165) is 22.2 Å². The standard InChI is InChI=1S/C22H20ClN3O2S/c1-24-20(21(27)25(2)22(24)29)13-15-14-26(19-6-4-3-5-18(15)19)11-12-28-17-9-7-16(23)8-10-17/h3-10,13-14H,11-12H2,1-2H3/b20-13-. The van der Waals surface area contributed by atoms with Gasteiger partial charge in [-0.15, -0.1) is 0 Å². The Bertz CT molecular complexity index is 1120. The summed E-state index contributed by atoms with van der Waals surface area (Å²) in [6.45, 7) is 1.19. The molecule has 7 heteroatoms. The Morgan fingerprint density at radius 2 is 1.79 bits per heavy atom. The first-order chi connectivity index (χ1) is 14.0. The van der Waals surface area contributed by atoms with Crippen molar-refractivity contribution >= 4 is 51.8 Å². The van der Waals surface area contributed by atoms with E-state index in [1.54, 1.807) is 11.9 Å². The van der Waals surface area contributed by atoms with Crippen LogP contribution >= 0.6 is 23.8 Å². The van der Waals surface area contributed by atoms with Crippen LogP contribution in [0.3, 0.4) is 0 Å². The van der Waals surface area contributed by atoms with Gasteiger partial charge in [0.05, 0.1) is 6.54 Å². The number of likely N-dealkylation sites (N-methyl/N-ethyl adjacent to an activating group) is 2. The average molecular weight is 426 g/mol. The van der Waals surface area contributed by atoms with Crippen LogP contribution in [-0.2, 0) is 11.3 Å². The molecule has 0 N–H and O–H groups in total. The summed E-state index contributed by atoms with van der Waals surface area (Å²) < 4.78 is 7.98. The van der Waals surface area contributed by atoms with Crippen molar-refractivity contribution in [2.45, 2.75) is 6.54 Å². The van der Waals surface area contributed by atoms with Gasteiger partial charge in [-0.3, -0.25) is 9.69 Å². The van der Waals surface area contributed by atoms with Crippen LogP contribution in [0.15, 0.2) is 60.4 Å². The fraction of sp³-hybridized carbons (Fsp3) is 0.182. The van der Waals surface area contributed by atoms with Gasteiger partial charge in [0.15, 0.2) is 5.11 Å². The molecule has 0 spiro atoms. The van der Waals surface area contributed by atoms with Crippen molar-refractivity contribution in [3.05, 3.63) is 71.0 Å². The Balaban J connectivity index is 1.60. The van der Waals surface area contributed by atoms with Gasteiger partial charge in [-0.1, -0.05) is 29.8 Å². The highest BCUT2D eigenvalue weighted by atomic mass is 35.5. The Labute approximate surface area is 179 Å². The van der Waals surface area contributed by atoms with E-state index in [2.05, 4.69) is 16.7 Å². The number of aromatic nitrogens is 1. The first-order valence-corrected chi connectivity index (χ1v) is 9.98. The van der Waals surface area contributed by atoms with Crippen LogP contribution in [0.5, 0.6) is 5.75 Å². The van der Waals surface area contributed by atoms with E-state index in [0.29, 0.717) is 29.0 Å². The van der Waals surface area contributed by atoms with Crippen molar-refractivity contribution in [3.63, 3.8) is 0 Å². The molecule has 2 aromatic carbocycles. The van der Waals surface area contributed by atoms with Gasteiger partial charge in [0.2, 0.25) is 0 Å². The third kappa shape index (κ3) is 3.73. The molecule has 5 nitrogen and oxygen atoms in total. The van der Waals surface area contributed by atoms with Gasteiger partial charge in [-0.05, 0) is 48.6 Å². The molecule has 4 rings (SSSR count). The molecule has 0 bridgehead atoms. The molecule has 1 saturated heterocycles.